The zero-order chi connectivity index (χ0) is 18.6. The van der Waals surface area contributed by atoms with Gasteiger partial charge in [0, 0.05) is 35.7 Å². The molecule has 1 N–H and O–H groups in total. The predicted molar refractivity (Wildman–Crippen MR) is 105 cm³/mol. The standard InChI is InChI=1S/C21H16N4O2/c26-25(27)20-10-9-18(16-11-13-22-14-17(16)20)24-21(15-6-2-1-3-7-15)19-8-4-5-12-23-19/h1-14,21,24H. The molecule has 0 fully saturated rings. The molecule has 0 saturated heterocycles. The number of benzene rings is 2. The van der Waals surface area contributed by atoms with E-state index >= 15 is 0 Å². The Labute approximate surface area is 155 Å². The first-order valence-corrected chi connectivity index (χ1v) is 8.47. The summed E-state index contributed by atoms with van der Waals surface area (Å²) in [7, 11) is 0. The second-order valence-corrected chi connectivity index (χ2v) is 6.05. The first-order valence-electron chi connectivity index (χ1n) is 8.47. The Balaban J connectivity index is 1.83. The molecule has 2 heterocycles. The summed E-state index contributed by atoms with van der Waals surface area (Å²) in [6.07, 6.45) is 4.91. The van der Waals surface area contributed by atoms with Gasteiger partial charge in [0.05, 0.1) is 22.0 Å². The van der Waals surface area contributed by atoms with Crippen LogP contribution in [0.2, 0.25) is 0 Å². The van der Waals surface area contributed by atoms with Crippen molar-refractivity contribution in [3.8, 4) is 0 Å². The van der Waals surface area contributed by atoms with E-state index < -0.39 is 0 Å². The van der Waals surface area contributed by atoms with E-state index in [4.69, 9.17) is 0 Å². The van der Waals surface area contributed by atoms with E-state index in [0.717, 1.165) is 22.3 Å². The summed E-state index contributed by atoms with van der Waals surface area (Å²) in [5.41, 5.74) is 2.75. The third-order valence-corrected chi connectivity index (χ3v) is 4.41. The van der Waals surface area contributed by atoms with Gasteiger partial charge in [0.1, 0.15) is 0 Å². The summed E-state index contributed by atoms with van der Waals surface area (Å²) >= 11 is 0. The Morgan fingerprint density at radius 1 is 0.889 bits per heavy atom. The molecular formula is C21H16N4O2. The molecule has 0 radical (unpaired) electrons. The van der Waals surface area contributed by atoms with Crippen LogP contribution in [0.5, 0.6) is 0 Å². The topological polar surface area (TPSA) is 81.0 Å². The number of nitrogens with one attached hydrogen (secondary N) is 1. The number of aromatic nitrogens is 2. The van der Waals surface area contributed by atoms with E-state index in [-0.39, 0.29) is 16.7 Å². The van der Waals surface area contributed by atoms with Crippen molar-refractivity contribution in [2.45, 2.75) is 6.04 Å². The van der Waals surface area contributed by atoms with E-state index in [1.54, 1.807) is 24.5 Å². The lowest BCUT2D eigenvalue weighted by molar-refractivity contribution is -0.383. The van der Waals surface area contributed by atoms with Gasteiger partial charge in [-0.1, -0.05) is 36.4 Å². The SMILES string of the molecule is O=[N+]([O-])c1ccc(NC(c2ccccc2)c2ccccn2)c2ccncc12. The lowest BCUT2D eigenvalue weighted by Gasteiger charge is -2.21. The van der Waals surface area contributed by atoms with Gasteiger partial charge in [0.15, 0.2) is 0 Å². The maximum Gasteiger partial charge on any atom is 0.278 e. The molecule has 0 saturated carbocycles. The predicted octanol–water partition coefficient (Wildman–Crippen LogP) is 4.74. The molecule has 1 unspecified atom stereocenters. The molecule has 1 atom stereocenters. The number of hydrogen-bond donors (Lipinski definition) is 1. The molecule has 0 aliphatic heterocycles. The number of pyridine rings is 2. The quantitative estimate of drug-likeness (QED) is 0.413. The Bertz CT molecular complexity index is 1050. The normalized spacial score (nSPS) is 11.9. The van der Waals surface area contributed by atoms with Crippen LogP contribution in [0, 0.1) is 10.1 Å². The number of fused-ring (bicyclic) bond motifs is 1. The van der Waals surface area contributed by atoms with Gasteiger partial charge in [-0.3, -0.25) is 20.1 Å². The third kappa shape index (κ3) is 3.32. The molecule has 27 heavy (non-hydrogen) atoms. The second-order valence-electron chi connectivity index (χ2n) is 6.05. The molecule has 132 valence electrons. The number of nitro benzene ring substituents is 1. The van der Waals surface area contributed by atoms with Crippen molar-refractivity contribution in [3.05, 3.63) is 107 Å². The lowest BCUT2D eigenvalue weighted by atomic mass is 10.0. The van der Waals surface area contributed by atoms with Crippen molar-refractivity contribution in [1.29, 1.82) is 0 Å². The van der Waals surface area contributed by atoms with Crippen molar-refractivity contribution in [1.82, 2.24) is 9.97 Å². The number of nitro groups is 1. The molecule has 2 aromatic carbocycles. The van der Waals surface area contributed by atoms with Gasteiger partial charge in [-0.2, -0.15) is 0 Å². The van der Waals surface area contributed by atoms with Crippen molar-refractivity contribution in [2.24, 2.45) is 0 Å². The molecule has 2 aromatic heterocycles. The maximum absolute atomic E-state index is 11.3. The minimum absolute atomic E-state index is 0.0396. The van der Waals surface area contributed by atoms with Crippen molar-refractivity contribution in [3.63, 3.8) is 0 Å². The number of rotatable bonds is 5. The van der Waals surface area contributed by atoms with E-state index in [0.29, 0.717) is 5.39 Å². The molecule has 4 aromatic rings. The van der Waals surface area contributed by atoms with E-state index in [2.05, 4.69) is 15.3 Å². The maximum atomic E-state index is 11.3. The van der Waals surface area contributed by atoms with Crippen LogP contribution in [0.25, 0.3) is 10.8 Å². The molecule has 0 bridgehead atoms. The Kier molecular flexibility index (Phi) is 4.45. The van der Waals surface area contributed by atoms with Crippen molar-refractivity contribution in [2.75, 3.05) is 5.32 Å². The molecule has 0 aliphatic carbocycles. The minimum Gasteiger partial charge on any atom is -0.372 e. The first kappa shape index (κ1) is 16.7. The number of anilines is 1. The average molecular weight is 356 g/mol. The van der Waals surface area contributed by atoms with Gasteiger partial charge in [0.2, 0.25) is 0 Å². The van der Waals surface area contributed by atoms with Crippen LogP contribution in [-0.4, -0.2) is 14.9 Å². The first-order chi connectivity index (χ1) is 13.2. The summed E-state index contributed by atoms with van der Waals surface area (Å²) in [5, 5.41) is 16.1. The molecule has 6 nitrogen and oxygen atoms in total. The highest BCUT2D eigenvalue weighted by molar-refractivity contribution is 5.99. The van der Waals surface area contributed by atoms with Crippen LogP contribution < -0.4 is 5.32 Å². The summed E-state index contributed by atoms with van der Waals surface area (Å²) in [6, 6.07) is 20.6. The van der Waals surface area contributed by atoms with Gasteiger partial charge >= 0.3 is 0 Å². The van der Waals surface area contributed by atoms with Crippen LogP contribution in [0.1, 0.15) is 17.3 Å². The van der Waals surface area contributed by atoms with Crippen LogP contribution in [0.3, 0.4) is 0 Å². The Morgan fingerprint density at radius 2 is 1.70 bits per heavy atom. The highest BCUT2D eigenvalue weighted by Gasteiger charge is 2.19. The van der Waals surface area contributed by atoms with Gasteiger partial charge < -0.3 is 5.32 Å². The van der Waals surface area contributed by atoms with E-state index in [9.17, 15) is 10.1 Å². The minimum atomic E-state index is -0.388. The van der Waals surface area contributed by atoms with Gasteiger partial charge in [-0.25, -0.2) is 0 Å². The highest BCUT2D eigenvalue weighted by Crippen LogP contribution is 2.34. The lowest BCUT2D eigenvalue weighted by Crippen LogP contribution is -2.14. The van der Waals surface area contributed by atoms with Crippen molar-refractivity contribution < 1.29 is 4.92 Å². The second kappa shape index (κ2) is 7.21. The summed E-state index contributed by atoms with van der Waals surface area (Å²) in [6.45, 7) is 0. The van der Waals surface area contributed by atoms with E-state index in [1.807, 2.05) is 48.5 Å². The number of nitrogens with zero attached hydrogens (tertiary/aromatic N) is 3. The van der Waals surface area contributed by atoms with Gasteiger partial charge in [-0.05, 0) is 29.8 Å². The fourth-order valence-electron chi connectivity index (χ4n) is 3.14. The zero-order valence-electron chi connectivity index (χ0n) is 14.3. The Morgan fingerprint density at radius 3 is 2.44 bits per heavy atom. The summed E-state index contributed by atoms with van der Waals surface area (Å²) in [5.74, 6) is 0. The third-order valence-electron chi connectivity index (χ3n) is 4.41. The van der Waals surface area contributed by atoms with Crippen LogP contribution in [0.15, 0.2) is 85.3 Å². The van der Waals surface area contributed by atoms with Crippen LogP contribution >= 0.6 is 0 Å². The number of non-ortho nitro benzene ring substituents is 1. The van der Waals surface area contributed by atoms with Gasteiger partial charge in [-0.15, -0.1) is 0 Å². The zero-order valence-corrected chi connectivity index (χ0v) is 14.3. The molecule has 0 aliphatic rings. The van der Waals surface area contributed by atoms with E-state index in [1.165, 1.54) is 12.3 Å². The summed E-state index contributed by atoms with van der Waals surface area (Å²) < 4.78 is 0. The Hall–Kier alpha value is -3.80. The fraction of sp³-hybridized carbons (Fsp3) is 0.0476. The smallest absolute Gasteiger partial charge is 0.278 e. The summed E-state index contributed by atoms with van der Waals surface area (Å²) in [4.78, 5) is 19.5. The van der Waals surface area contributed by atoms with Crippen LogP contribution in [-0.2, 0) is 0 Å². The largest absolute Gasteiger partial charge is 0.372 e. The number of hydrogen-bond acceptors (Lipinski definition) is 5. The molecule has 0 amide bonds. The monoisotopic (exact) mass is 356 g/mol. The molecule has 0 spiro atoms. The van der Waals surface area contributed by atoms with Gasteiger partial charge in [0.25, 0.3) is 5.69 Å². The molecule has 6 heteroatoms. The molecular weight excluding hydrogens is 340 g/mol. The fourth-order valence-corrected chi connectivity index (χ4v) is 3.14. The molecule has 4 rings (SSSR count). The van der Waals surface area contributed by atoms with Crippen molar-refractivity contribution >= 4 is 22.1 Å². The average Bonchev–Trinajstić information content (AvgIpc) is 2.73. The highest BCUT2D eigenvalue weighted by atomic mass is 16.6. The van der Waals surface area contributed by atoms with Crippen LogP contribution in [0.4, 0.5) is 11.4 Å².